The summed E-state index contributed by atoms with van der Waals surface area (Å²) in [5.74, 6) is 1.01. The second-order valence-electron chi connectivity index (χ2n) is 6.49. The van der Waals surface area contributed by atoms with Crippen molar-refractivity contribution in [3.8, 4) is 11.5 Å². The van der Waals surface area contributed by atoms with E-state index in [0.29, 0.717) is 23.2 Å². The lowest BCUT2D eigenvalue weighted by Gasteiger charge is -2.16. The van der Waals surface area contributed by atoms with Crippen molar-refractivity contribution in [2.75, 3.05) is 20.4 Å². The molecule has 0 fully saturated rings. The van der Waals surface area contributed by atoms with Crippen molar-refractivity contribution >= 4 is 13.3 Å². The maximum absolute atomic E-state index is 12.3. The number of ether oxygens (including phenoxy) is 2. The van der Waals surface area contributed by atoms with E-state index in [2.05, 4.69) is 20.8 Å². The minimum atomic E-state index is -1.91. The van der Waals surface area contributed by atoms with Crippen LogP contribution in [0.15, 0.2) is 18.2 Å². The van der Waals surface area contributed by atoms with Crippen molar-refractivity contribution in [3.05, 3.63) is 23.8 Å². The van der Waals surface area contributed by atoms with Crippen LogP contribution in [0.25, 0.3) is 0 Å². The van der Waals surface area contributed by atoms with Gasteiger partial charge in [0.05, 0.1) is 14.2 Å². The zero-order valence-corrected chi connectivity index (χ0v) is 15.0. The van der Waals surface area contributed by atoms with Crippen molar-refractivity contribution in [2.45, 2.75) is 40.0 Å². The van der Waals surface area contributed by atoms with Gasteiger partial charge in [-0.15, -0.1) is 0 Å². The predicted octanol–water partition coefficient (Wildman–Crippen LogP) is 4.89. The Morgan fingerprint density at radius 1 is 1.14 bits per heavy atom. The number of hydrogen-bond acceptors (Lipinski definition) is 4. The van der Waals surface area contributed by atoms with E-state index in [1.54, 1.807) is 25.3 Å². The highest BCUT2D eigenvalue weighted by Gasteiger charge is 2.32. The van der Waals surface area contributed by atoms with Gasteiger partial charge >= 0.3 is 13.3 Å². The molecule has 22 heavy (non-hydrogen) atoms. The van der Waals surface area contributed by atoms with Crippen LogP contribution in [-0.4, -0.2) is 25.9 Å². The zero-order valence-electron chi connectivity index (χ0n) is 14.1. The number of carbonyl (C=O) groups excluding carboxylic acids is 1. The molecule has 0 aliphatic heterocycles. The summed E-state index contributed by atoms with van der Waals surface area (Å²) < 4.78 is 22.5. The SMILES string of the molecule is COc1ccc(C(=O)[P+](=O)CCCCC(C)(C)C)c(OC)c1. The largest absolute Gasteiger partial charge is 0.497 e. The standard InChI is InChI=1S/C17H26O4P/c1-17(2,3)10-6-7-11-22(19)16(18)14-9-8-13(20-4)12-15(14)21-5/h8-9,12H,6-7,10-11H2,1-5H3/q+1. The predicted molar refractivity (Wildman–Crippen MR) is 89.7 cm³/mol. The van der Waals surface area contributed by atoms with Gasteiger partial charge in [-0.1, -0.05) is 25.3 Å². The Morgan fingerprint density at radius 2 is 1.82 bits per heavy atom. The van der Waals surface area contributed by atoms with Crippen molar-refractivity contribution in [1.29, 1.82) is 0 Å². The summed E-state index contributed by atoms with van der Waals surface area (Å²) in [6, 6.07) is 4.93. The fraction of sp³-hybridized carbons (Fsp3) is 0.588. The molecule has 0 saturated heterocycles. The molecule has 4 nitrogen and oxygen atoms in total. The second kappa shape index (κ2) is 8.28. The molecule has 1 unspecified atom stereocenters. The fourth-order valence-corrected chi connectivity index (χ4v) is 3.29. The highest BCUT2D eigenvalue weighted by molar-refractivity contribution is 7.64. The van der Waals surface area contributed by atoms with Gasteiger partial charge in [0.25, 0.3) is 0 Å². The van der Waals surface area contributed by atoms with Gasteiger partial charge in [-0.3, -0.25) is 0 Å². The quantitative estimate of drug-likeness (QED) is 0.504. The molecule has 0 amide bonds. The van der Waals surface area contributed by atoms with Gasteiger partial charge in [0.1, 0.15) is 17.1 Å². The van der Waals surface area contributed by atoms with Crippen molar-refractivity contribution < 1.29 is 18.8 Å². The van der Waals surface area contributed by atoms with Crippen LogP contribution in [0.2, 0.25) is 0 Å². The van der Waals surface area contributed by atoms with Crippen LogP contribution in [0.3, 0.4) is 0 Å². The van der Waals surface area contributed by atoms with Crippen LogP contribution in [-0.2, 0) is 4.57 Å². The van der Waals surface area contributed by atoms with Gasteiger partial charge in [0, 0.05) is 6.07 Å². The number of hydrogen-bond donors (Lipinski definition) is 0. The molecule has 0 heterocycles. The van der Waals surface area contributed by atoms with E-state index in [1.807, 2.05) is 0 Å². The molecule has 1 atom stereocenters. The Bertz CT molecular complexity index is 532. The summed E-state index contributed by atoms with van der Waals surface area (Å²) in [7, 11) is 1.12. The summed E-state index contributed by atoms with van der Waals surface area (Å²) in [4.78, 5) is 12.3. The first-order valence-corrected chi connectivity index (χ1v) is 8.94. The van der Waals surface area contributed by atoms with Gasteiger partial charge in [0.2, 0.25) is 0 Å². The molecule has 0 aliphatic carbocycles. The first kappa shape index (κ1) is 18.6. The molecule has 1 rings (SSSR count). The Morgan fingerprint density at radius 3 is 2.36 bits per heavy atom. The highest BCUT2D eigenvalue weighted by atomic mass is 31.1. The first-order valence-electron chi connectivity index (χ1n) is 7.49. The first-order chi connectivity index (χ1) is 10.3. The van der Waals surface area contributed by atoms with E-state index in [4.69, 9.17) is 9.47 Å². The molecule has 1 aromatic carbocycles. The third-order valence-electron chi connectivity index (χ3n) is 3.40. The van der Waals surface area contributed by atoms with E-state index in [9.17, 15) is 9.36 Å². The molecule has 1 aromatic rings. The Balaban J connectivity index is 2.65. The minimum absolute atomic E-state index is 0.273. The van der Waals surface area contributed by atoms with Crippen molar-refractivity contribution in [3.63, 3.8) is 0 Å². The van der Waals surface area contributed by atoms with Gasteiger partial charge < -0.3 is 9.47 Å². The van der Waals surface area contributed by atoms with Crippen LogP contribution >= 0.6 is 7.80 Å². The molecule has 0 bridgehead atoms. The topological polar surface area (TPSA) is 52.6 Å². The lowest BCUT2D eigenvalue weighted by molar-refractivity contribution is 0.107. The summed E-state index contributed by atoms with van der Waals surface area (Å²) in [5, 5.41) is 0. The molecular weight excluding hydrogens is 299 g/mol. The van der Waals surface area contributed by atoms with E-state index in [1.165, 1.54) is 7.11 Å². The van der Waals surface area contributed by atoms with E-state index in [0.717, 1.165) is 19.3 Å². The Labute approximate surface area is 134 Å². The average molecular weight is 325 g/mol. The number of carbonyl (C=O) groups is 1. The smallest absolute Gasteiger partial charge is 0.420 e. The van der Waals surface area contributed by atoms with Gasteiger partial charge in [-0.05, 0) is 36.8 Å². The summed E-state index contributed by atoms with van der Waals surface area (Å²) in [6.45, 7) is 6.54. The Kier molecular flexibility index (Phi) is 7.02. The van der Waals surface area contributed by atoms with Crippen LogP contribution in [0.5, 0.6) is 11.5 Å². The van der Waals surface area contributed by atoms with Crippen LogP contribution < -0.4 is 9.47 Å². The third-order valence-corrected chi connectivity index (χ3v) is 4.82. The number of rotatable bonds is 8. The third kappa shape index (κ3) is 5.76. The molecular formula is C17H26O4P+. The summed E-state index contributed by atoms with van der Waals surface area (Å²) in [6.07, 6.45) is 3.28. The summed E-state index contributed by atoms with van der Waals surface area (Å²) in [5.41, 5.74) is 0.292. The van der Waals surface area contributed by atoms with E-state index >= 15 is 0 Å². The van der Waals surface area contributed by atoms with E-state index in [-0.39, 0.29) is 10.9 Å². The molecule has 122 valence electrons. The molecule has 0 aliphatic rings. The molecule has 5 heteroatoms. The maximum Gasteiger partial charge on any atom is 0.420 e. The zero-order chi connectivity index (χ0) is 16.8. The summed E-state index contributed by atoms with van der Waals surface area (Å²) >= 11 is 0. The van der Waals surface area contributed by atoms with Crippen molar-refractivity contribution in [2.24, 2.45) is 5.41 Å². The molecule has 0 aromatic heterocycles. The van der Waals surface area contributed by atoms with Gasteiger partial charge in [-0.2, -0.15) is 0 Å². The van der Waals surface area contributed by atoms with Gasteiger partial charge in [-0.25, -0.2) is 4.79 Å². The molecule has 0 spiro atoms. The second-order valence-corrected chi connectivity index (χ2v) is 8.10. The van der Waals surface area contributed by atoms with Crippen LogP contribution in [0, 0.1) is 5.41 Å². The maximum atomic E-state index is 12.3. The molecule has 0 radical (unpaired) electrons. The van der Waals surface area contributed by atoms with Crippen molar-refractivity contribution in [1.82, 2.24) is 0 Å². The highest BCUT2D eigenvalue weighted by Crippen LogP contribution is 2.35. The number of methoxy groups -OCH3 is 2. The number of benzene rings is 1. The van der Waals surface area contributed by atoms with E-state index < -0.39 is 7.80 Å². The molecule has 0 saturated carbocycles. The monoisotopic (exact) mass is 325 g/mol. The van der Waals surface area contributed by atoms with Gasteiger partial charge in [0.15, 0.2) is 6.16 Å². The number of unbranched alkanes of at least 4 members (excludes halogenated alkanes) is 1. The Hall–Kier alpha value is -1.41. The normalized spacial score (nSPS) is 12.0. The van der Waals surface area contributed by atoms with Crippen LogP contribution in [0.4, 0.5) is 0 Å². The lowest BCUT2D eigenvalue weighted by atomic mass is 9.90. The molecule has 0 N–H and O–H groups in total. The average Bonchev–Trinajstić information content (AvgIpc) is 2.48. The minimum Gasteiger partial charge on any atom is -0.497 e. The lowest BCUT2D eigenvalue weighted by Crippen LogP contribution is -2.05. The fourth-order valence-electron chi connectivity index (χ4n) is 2.12. The van der Waals surface area contributed by atoms with Crippen LogP contribution in [0.1, 0.15) is 50.4 Å².